The number of methoxy groups -OCH3 is 1. The minimum absolute atomic E-state index is 0.00459. The molecule has 5 rings (SSSR count). The summed E-state index contributed by atoms with van der Waals surface area (Å²) in [7, 11) is 1.37. The quantitative estimate of drug-likeness (QED) is 0.276. The van der Waals surface area contributed by atoms with Crippen molar-refractivity contribution < 1.29 is 28.2 Å². The molecule has 3 aromatic carbocycles. The van der Waals surface area contributed by atoms with Crippen LogP contribution in [0.3, 0.4) is 0 Å². The number of carbonyl (C=O) groups is 2. The van der Waals surface area contributed by atoms with E-state index in [0.29, 0.717) is 18.0 Å². The largest absolute Gasteiger partial charge is 0.495 e. The van der Waals surface area contributed by atoms with E-state index >= 15 is 4.39 Å². The molecule has 0 unspecified atom stereocenters. The van der Waals surface area contributed by atoms with Crippen molar-refractivity contribution in [1.82, 2.24) is 5.32 Å². The number of carbonyl (C=O) groups excluding carboxylic acids is 1. The second-order valence-electron chi connectivity index (χ2n) is 11.9. The van der Waals surface area contributed by atoms with Gasteiger partial charge >= 0.3 is 5.97 Å². The van der Waals surface area contributed by atoms with Gasteiger partial charge in [-0.2, -0.15) is 0 Å². The normalized spacial score (nSPS) is 23.2. The van der Waals surface area contributed by atoms with E-state index in [2.05, 4.69) is 36.7 Å². The highest BCUT2D eigenvalue weighted by molar-refractivity contribution is 6.30. The summed E-state index contributed by atoms with van der Waals surface area (Å²) >= 11 is 6.31. The number of carboxylic acid groups (broad SMARTS) is 1. The molecule has 0 aromatic heterocycles. The van der Waals surface area contributed by atoms with E-state index in [9.17, 15) is 19.1 Å². The van der Waals surface area contributed by atoms with Gasteiger partial charge in [-0.3, -0.25) is 4.79 Å². The highest BCUT2D eigenvalue weighted by Crippen LogP contribution is 2.56. The lowest BCUT2D eigenvalue weighted by molar-refractivity contribution is -0.118. The lowest BCUT2D eigenvalue weighted by Crippen LogP contribution is -2.46. The molecule has 4 N–H and O–H groups in total. The van der Waals surface area contributed by atoms with Crippen molar-refractivity contribution >= 4 is 34.9 Å². The molecule has 10 heteroatoms. The Hall–Kier alpha value is -3.69. The van der Waals surface area contributed by atoms with Gasteiger partial charge in [0.05, 0.1) is 24.4 Å². The van der Waals surface area contributed by atoms with Crippen LogP contribution in [0.5, 0.6) is 5.75 Å². The van der Waals surface area contributed by atoms with E-state index in [-0.39, 0.29) is 34.0 Å². The van der Waals surface area contributed by atoms with Crippen molar-refractivity contribution in [1.29, 1.82) is 0 Å². The molecule has 0 saturated carbocycles. The third kappa shape index (κ3) is 5.13. The molecule has 4 atom stereocenters. The Kier molecular flexibility index (Phi) is 7.46. The summed E-state index contributed by atoms with van der Waals surface area (Å²) < 4.78 is 35.7. The van der Waals surface area contributed by atoms with E-state index in [4.69, 9.17) is 16.3 Å². The summed E-state index contributed by atoms with van der Waals surface area (Å²) in [6, 6.07) is 12.3. The lowest BCUT2D eigenvalue weighted by Gasteiger charge is -2.39. The number of hydrogen-bond acceptors (Lipinski definition) is 5. The average molecular weight is 584 g/mol. The zero-order valence-electron chi connectivity index (χ0n) is 23.1. The number of ether oxygens (including phenoxy) is 1. The summed E-state index contributed by atoms with van der Waals surface area (Å²) in [5, 5.41) is 19.7. The third-order valence-corrected chi connectivity index (χ3v) is 8.30. The molecule has 0 aliphatic carbocycles. The smallest absolute Gasteiger partial charge is 0.335 e. The Morgan fingerprint density at radius 2 is 1.90 bits per heavy atom. The number of fused-ring (bicyclic) bond motifs is 2. The van der Waals surface area contributed by atoms with Crippen LogP contribution in [-0.2, 0) is 10.2 Å². The average Bonchev–Trinajstić information content (AvgIpc) is 3.43. The predicted octanol–water partition coefficient (Wildman–Crippen LogP) is 6.19. The molecule has 3 aromatic rings. The lowest BCUT2D eigenvalue weighted by atomic mass is 9.63. The standard InChI is InChI=1S/C31H32ClF2N3O4/c1-30(2,3)14-24-31(15-35-22-13-17(32)9-10-19(22)31)25(18-6-5-7-20(33)26(18)34)27(37-24)28(38)36-21-11-8-16(29(39)40)12-23(21)41-4/h5-13,24-25,27,35,37H,14-15H2,1-4H3,(H,36,38)(H,39,40)/t24-,25-,27+,31-/m0/s1. The fourth-order valence-electron chi connectivity index (χ4n) is 6.41. The van der Waals surface area contributed by atoms with Gasteiger partial charge < -0.3 is 25.8 Å². The van der Waals surface area contributed by atoms with E-state index in [0.717, 1.165) is 17.3 Å². The molecule has 1 fully saturated rings. The second kappa shape index (κ2) is 10.6. The van der Waals surface area contributed by atoms with Gasteiger partial charge in [0.2, 0.25) is 5.91 Å². The van der Waals surface area contributed by atoms with Gasteiger partial charge in [-0.25, -0.2) is 13.6 Å². The number of aromatic carboxylic acids is 1. The summed E-state index contributed by atoms with van der Waals surface area (Å²) in [6.07, 6.45) is 0.630. The highest BCUT2D eigenvalue weighted by atomic mass is 35.5. The third-order valence-electron chi connectivity index (χ3n) is 8.07. The van der Waals surface area contributed by atoms with Gasteiger partial charge in [0.25, 0.3) is 0 Å². The fourth-order valence-corrected chi connectivity index (χ4v) is 6.58. The molecule has 1 spiro atoms. The number of anilines is 2. The first-order valence-corrected chi connectivity index (χ1v) is 13.7. The van der Waals surface area contributed by atoms with Crippen molar-refractivity contribution in [3.8, 4) is 5.75 Å². The predicted molar refractivity (Wildman–Crippen MR) is 154 cm³/mol. The first-order chi connectivity index (χ1) is 19.4. The van der Waals surface area contributed by atoms with E-state index in [1.165, 1.54) is 37.4 Å². The summed E-state index contributed by atoms with van der Waals surface area (Å²) in [4.78, 5) is 25.5. The molecule has 7 nitrogen and oxygen atoms in total. The van der Waals surface area contributed by atoms with E-state index in [1.807, 2.05) is 6.07 Å². The molecular formula is C31H32ClF2N3O4. The molecule has 2 aliphatic rings. The summed E-state index contributed by atoms with van der Waals surface area (Å²) in [5.41, 5.74) is 0.991. The molecule has 2 heterocycles. The van der Waals surface area contributed by atoms with Crippen molar-refractivity contribution in [3.63, 3.8) is 0 Å². The number of hydrogen-bond donors (Lipinski definition) is 4. The Labute approximate surface area is 242 Å². The zero-order chi connectivity index (χ0) is 29.7. The topological polar surface area (TPSA) is 99.7 Å². The first kappa shape index (κ1) is 28.8. The zero-order valence-corrected chi connectivity index (χ0v) is 23.9. The van der Waals surface area contributed by atoms with Crippen LogP contribution in [0.25, 0.3) is 0 Å². The second-order valence-corrected chi connectivity index (χ2v) is 12.3. The van der Waals surface area contributed by atoms with Crippen LogP contribution in [0.2, 0.25) is 5.02 Å². The van der Waals surface area contributed by atoms with Crippen molar-refractivity contribution in [2.24, 2.45) is 5.41 Å². The number of amides is 1. The highest BCUT2D eigenvalue weighted by Gasteiger charge is 2.61. The minimum atomic E-state index is -1.14. The van der Waals surface area contributed by atoms with Crippen LogP contribution in [0.4, 0.5) is 20.2 Å². The summed E-state index contributed by atoms with van der Waals surface area (Å²) in [5.74, 6) is -4.28. The first-order valence-electron chi connectivity index (χ1n) is 13.3. The van der Waals surface area contributed by atoms with Gasteiger partial charge in [-0.15, -0.1) is 0 Å². The minimum Gasteiger partial charge on any atom is -0.495 e. The van der Waals surface area contributed by atoms with Crippen LogP contribution in [0.1, 0.15) is 54.6 Å². The van der Waals surface area contributed by atoms with E-state index in [1.54, 1.807) is 12.1 Å². The Morgan fingerprint density at radius 1 is 1.15 bits per heavy atom. The van der Waals surface area contributed by atoms with Gasteiger partial charge in [-0.1, -0.05) is 50.6 Å². The van der Waals surface area contributed by atoms with Crippen LogP contribution in [-0.4, -0.2) is 42.7 Å². The van der Waals surface area contributed by atoms with Crippen molar-refractivity contribution in [2.45, 2.75) is 50.6 Å². The molecule has 0 bridgehead atoms. The number of halogens is 3. The molecule has 1 saturated heterocycles. The van der Waals surface area contributed by atoms with Crippen LogP contribution in [0.15, 0.2) is 54.6 Å². The van der Waals surface area contributed by atoms with Gasteiger partial charge in [0, 0.05) is 34.6 Å². The van der Waals surface area contributed by atoms with Gasteiger partial charge in [-0.05, 0) is 59.4 Å². The van der Waals surface area contributed by atoms with E-state index < -0.39 is 40.9 Å². The van der Waals surface area contributed by atoms with Crippen LogP contribution >= 0.6 is 11.6 Å². The number of benzene rings is 3. The molecule has 41 heavy (non-hydrogen) atoms. The number of carboxylic acids is 1. The van der Waals surface area contributed by atoms with Crippen molar-refractivity contribution in [2.75, 3.05) is 24.3 Å². The fraction of sp³-hybridized carbons (Fsp3) is 0.355. The molecule has 0 radical (unpaired) electrons. The molecule has 216 valence electrons. The monoisotopic (exact) mass is 583 g/mol. The molecule has 1 amide bonds. The summed E-state index contributed by atoms with van der Waals surface area (Å²) in [6.45, 7) is 6.65. The van der Waals surface area contributed by atoms with Crippen molar-refractivity contribution in [3.05, 3.63) is 87.9 Å². The van der Waals surface area contributed by atoms with Gasteiger partial charge in [0.15, 0.2) is 11.6 Å². The SMILES string of the molecule is COc1cc(C(=O)O)ccc1NC(=O)[C@@H]1N[C@@H](CC(C)(C)C)[C@@]2(CNc3cc(Cl)ccc32)[C@H]1c1cccc(F)c1F. The maximum atomic E-state index is 15.6. The maximum Gasteiger partial charge on any atom is 0.335 e. The maximum absolute atomic E-state index is 15.6. The van der Waals surface area contributed by atoms with Gasteiger partial charge in [0.1, 0.15) is 5.75 Å². The Balaban J connectivity index is 1.66. The van der Waals surface area contributed by atoms with Crippen LogP contribution < -0.4 is 20.7 Å². The van der Waals surface area contributed by atoms with Crippen LogP contribution in [0, 0.1) is 17.0 Å². The molecular weight excluding hydrogens is 552 g/mol. The molecule has 2 aliphatic heterocycles. The Bertz CT molecular complexity index is 1530. The Morgan fingerprint density at radius 3 is 2.59 bits per heavy atom. The number of nitrogens with one attached hydrogen (secondary N) is 3. The number of rotatable bonds is 6.